The van der Waals surface area contributed by atoms with Gasteiger partial charge >= 0.3 is 0 Å². The Hall–Kier alpha value is -2.34. The molecule has 2 aromatic carbocycles. The highest BCUT2D eigenvalue weighted by Crippen LogP contribution is 2.16. The van der Waals surface area contributed by atoms with E-state index in [2.05, 4.69) is 5.32 Å². The van der Waals surface area contributed by atoms with Crippen molar-refractivity contribution in [2.45, 2.75) is 31.6 Å². The normalized spacial score (nSPS) is 11.7. The van der Waals surface area contributed by atoms with E-state index < -0.39 is 6.04 Å². The molecule has 1 atom stereocenters. The molecule has 0 spiro atoms. The Bertz CT molecular complexity index is 753. The molecule has 0 heterocycles. The summed E-state index contributed by atoms with van der Waals surface area (Å²) in [6.07, 6.45) is 1.26. The molecule has 28 heavy (non-hydrogen) atoms. The van der Waals surface area contributed by atoms with E-state index in [0.29, 0.717) is 25.1 Å². The second-order valence-corrected chi connectivity index (χ2v) is 7.47. The highest BCUT2D eigenvalue weighted by atomic mass is 32.2. The van der Waals surface area contributed by atoms with Gasteiger partial charge in [0.05, 0.1) is 5.75 Å². The highest BCUT2D eigenvalue weighted by Gasteiger charge is 2.27. The van der Waals surface area contributed by atoms with Gasteiger partial charge in [-0.05, 0) is 36.1 Å². The van der Waals surface area contributed by atoms with Gasteiger partial charge in [-0.25, -0.2) is 4.39 Å². The summed E-state index contributed by atoms with van der Waals surface area (Å²) in [4.78, 5) is 26.9. The molecule has 2 amide bonds. The van der Waals surface area contributed by atoms with Crippen LogP contribution < -0.4 is 5.32 Å². The molecular formula is C22H27FN2O2S. The number of carbonyl (C=O) groups excluding carboxylic acids is 2. The number of carbonyl (C=O) groups is 2. The lowest BCUT2D eigenvalue weighted by atomic mass is 10.1. The standard InChI is InChI=1S/C22H27FN2O2S/c1-3-20(22(27)24-2)25(14-13-17-7-5-4-6-8-17)21(26)16-28-15-18-9-11-19(23)12-10-18/h4-12,20H,3,13-16H2,1-2H3,(H,24,27)/t20-/m0/s1. The Balaban J connectivity index is 2.00. The predicted molar refractivity (Wildman–Crippen MR) is 113 cm³/mol. The molecule has 0 radical (unpaired) electrons. The van der Waals surface area contributed by atoms with Crippen molar-refractivity contribution < 1.29 is 14.0 Å². The lowest BCUT2D eigenvalue weighted by molar-refractivity contribution is -0.138. The van der Waals surface area contributed by atoms with Crippen LogP contribution in [-0.2, 0) is 21.8 Å². The van der Waals surface area contributed by atoms with Gasteiger partial charge in [0.2, 0.25) is 11.8 Å². The summed E-state index contributed by atoms with van der Waals surface area (Å²) in [7, 11) is 1.59. The number of nitrogens with zero attached hydrogens (tertiary/aromatic N) is 1. The average molecular weight is 403 g/mol. The molecule has 0 aliphatic heterocycles. The Morgan fingerprint density at radius 1 is 1.07 bits per heavy atom. The Labute approximate surface area is 170 Å². The molecule has 0 aromatic heterocycles. The fourth-order valence-electron chi connectivity index (χ4n) is 2.98. The Morgan fingerprint density at radius 3 is 2.36 bits per heavy atom. The number of amides is 2. The number of rotatable bonds is 10. The van der Waals surface area contributed by atoms with Crippen molar-refractivity contribution in [2.24, 2.45) is 0 Å². The molecule has 0 saturated heterocycles. The van der Waals surface area contributed by atoms with Gasteiger partial charge in [0.25, 0.3) is 0 Å². The van der Waals surface area contributed by atoms with E-state index in [4.69, 9.17) is 0 Å². The topological polar surface area (TPSA) is 49.4 Å². The van der Waals surface area contributed by atoms with E-state index in [0.717, 1.165) is 11.1 Å². The van der Waals surface area contributed by atoms with Crippen LogP contribution >= 0.6 is 11.8 Å². The zero-order chi connectivity index (χ0) is 20.4. The maximum atomic E-state index is 13.0. The molecule has 6 heteroatoms. The molecule has 0 aliphatic carbocycles. The van der Waals surface area contributed by atoms with E-state index in [1.165, 1.54) is 23.9 Å². The molecule has 4 nitrogen and oxygen atoms in total. The summed E-state index contributed by atoms with van der Waals surface area (Å²) < 4.78 is 13.0. The maximum absolute atomic E-state index is 13.0. The number of hydrogen-bond donors (Lipinski definition) is 1. The van der Waals surface area contributed by atoms with Crippen LogP contribution in [0, 0.1) is 5.82 Å². The second kappa shape index (κ2) is 11.5. The van der Waals surface area contributed by atoms with Crippen LogP contribution in [0.1, 0.15) is 24.5 Å². The minimum Gasteiger partial charge on any atom is -0.357 e. The first-order valence-corrected chi connectivity index (χ1v) is 10.6. The molecule has 0 saturated carbocycles. The lowest BCUT2D eigenvalue weighted by Crippen LogP contribution is -2.50. The van der Waals surface area contributed by atoms with Gasteiger partial charge < -0.3 is 10.2 Å². The Kier molecular flexibility index (Phi) is 9.01. The van der Waals surface area contributed by atoms with E-state index in [1.807, 2.05) is 37.3 Å². The molecule has 0 bridgehead atoms. The summed E-state index contributed by atoms with van der Waals surface area (Å²) in [5.41, 5.74) is 2.10. The third-order valence-electron chi connectivity index (χ3n) is 4.52. The number of halogens is 1. The monoisotopic (exact) mass is 402 g/mol. The van der Waals surface area contributed by atoms with Crippen LogP contribution in [0.4, 0.5) is 4.39 Å². The van der Waals surface area contributed by atoms with E-state index in [-0.39, 0.29) is 23.4 Å². The summed E-state index contributed by atoms with van der Waals surface area (Å²) in [6, 6.07) is 15.7. The second-order valence-electron chi connectivity index (χ2n) is 6.48. The molecule has 2 rings (SSSR count). The van der Waals surface area contributed by atoms with Gasteiger partial charge in [-0.15, -0.1) is 11.8 Å². The van der Waals surface area contributed by atoms with Crippen LogP contribution in [0.15, 0.2) is 54.6 Å². The van der Waals surface area contributed by atoms with Gasteiger partial charge in [0, 0.05) is 19.3 Å². The van der Waals surface area contributed by atoms with Crippen molar-refractivity contribution in [3.8, 4) is 0 Å². The summed E-state index contributed by atoms with van der Waals surface area (Å²) in [6.45, 7) is 2.40. The predicted octanol–water partition coefficient (Wildman–Crippen LogP) is 3.65. The van der Waals surface area contributed by atoms with E-state index in [1.54, 1.807) is 24.1 Å². The first-order valence-electron chi connectivity index (χ1n) is 9.42. The van der Waals surface area contributed by atoms with Crippen molar-refractivity contribution in [1.82, 2.24) is 10.2 Å². The zero-order valence-corrected chi connectivity index (χ0v) is 17.2. The maximum Gasteiger partial charge on any atom is 0.242 e. The molecular weight excluding hydrogens is 375 g/mol. The van der Waals surface area contributed by atoms with Gasteiger partial charge in [0.1, 0.15) is 11.9 Å². The van der Waals surface area contributed by atoms with Crippen LogP contribution in [-0.4, -0.2) is 42.1 Å². The van der Waals surface area contributed by atoms with Gasteiger partial charge in [-0.1, -0.05) is 49.4 Å². The van der Waals surface area contributed by atoms with Crippen molar-refractivity contribution in [2.75, 3.05) is 19.3 Å². The quantitative estimate of drug-likeness (QED) is 0.660. The summed E-state index contributed by atoms with van der Waals surface area (Å²) >= 11 is 1.47. The van der Waals surface area contributed by atoms with Crippen LogP contribution in [0.2, 0.25) is 0 Å². The van der Waals surface area contributed by atoms with Crippen LogP contribution in [0.5, 0.6) is 0 Å². The number of thioether (sulfide) groups is 1. The fraction of sp³-hybridized carbons (Fsp3) is 0.364. The molecule has 150 valence electrons. The molecule has 0 fully saturated rings. The molecule has 0 aliphatic rings. The third-order valence-corrected chi connectivity index (χ3v) is 5.51. The first-order chi connectivity index (χ1) is 13.5. The number of nitrogens with one attached hydrogen (secondary N) is 1. The lowest BCUT2D eigenvalue weighted by Gasteiger charge is -2.30. The third kappa shape index (κ3) is 6.68. The summed E-state index contributed by atoms with van der Waals surface area (Å²) in [5, 5.41) is 2.66. The van der Waals surface area contributed by atoms with Gasteiger partial charge in [-0.3, -0.25) is 9.59 Å². The van der Waals surface area contributed by atoms with E-state index >= 15 is 0 Å². The molecule has 2 aromatic rings. The van der Waals surface area contributed by atoms with Gasteiger partial charge in [0.15, 0.2) is 0 Å². The SMILES string of the molecule is CC[C@@H](C(=O)NC)N(CCc1ccccc1)C(=O)CSCc1ccc(F)cc1. The first kappa shape index (κ1) is 22.0. The van der Waals surface area contributed by atoms with Crippen molar-refractivity contribution >= 4 is 23.6 Å². The number of hydrogen-bond acceptors (Lipinski definition) is 3. The number of likely N-dealkylation sites (N-methyl/N-ethyl adjacent to an activating group) is 1. The van der Waals surface area contributed by atoms with Crippen molar-refractivity contribution in [3.63, 3.8) is 0 Å². The minimum absolute atomic E-state index is 0.0570. The van der Waals surface area contributed by atoms with Crippen LogP contribution in [0.3, 0.4) is 0 Å². The van der Waals surface area contributed by atoms with Gasteiger partial charge in [-0.2, -0.15) is 0 Å². The smallest absolute Gasteiger partial charge is 0.242 e. The summed E-state index contributed by atoms with van der Waals surface area (Å²) in [5.74, 6) is 0.425. The zero-order valence-electron chi connectivity index (χ0n) is 16.4. The van der Waals surface area contributed by atoms with Crippen molar-refractivity contribution in [1.29, 1.82) is 0 Å². The Morgan fingerprint density at radius 2 is 1.75 bits per heavy atom. The minimum atomic E-state index is -0.479. The molecule has 0 unspecified atom stereocenters. The molecule has 1 N–H and O–H groups in total. The van der Waals surface area contributed by atoms with E-state index in [9.17, 15) is 14.0 Å². The fourth-order valence-corrected chi connectivity index (χ4v) is 3.85. The average Bonchev–Trinajstić information content (AvgIpc) is 2.72. The largest absolute Gasteiger partial charge is 0.357 e. The van der Waals surface area contributed by atoms with Crippen LogP contribution in [0.25, 0.3) is 0 Å². The highest BCUT2D eigenvalue weighted by molar-refractivity contribution is 7.99. The van der Waals surface area contributed by atoms with Crippen molar-refractivity contribution in [3.05, 3.63) is 71.5 Å². The number of benzene rings is 2.